The summed E-state index contributed by atoms with van der Waals surface area (Å²) in [6, 6.07) is 5.96. The Morgan fingerprint density at radius 2 is 2.30 bits per heavy atom. The molecule has 0 saturated heterocycles. The average molecular weight is 244 g/mol. The van der Waals surface area contributed by atoms with Crippen molar-refractivity contribution in [2.24, 2.45) is 0 Å². The summed E-state index contributed by atoms with van der Waals surface area (Å²) in [5.74, 6) is 0. The van der Waals surface area contributed by atoms with E-state index >= 15 is 0 Å². The molecule has 0 aliphatic rings. The van der Waals surface area contributed by atoms with Crippen LogP contribution in [0.5, 0.6) is 0 Å². The van der Waals surface area contributed by atoms with E-state index in [2.05, 4.69) is 27.6 Å². The highest BCUT2D eigenvalue weighted by Crippen LogP contribution is 2.05. The van der Waals surface area contributed by atoms with Crippen LogP contribution in [-0.2, 0) is 0 Å². The molecule has 10 heavy (non-hydrogen) atoms. The van der Waals surface area contributed by atoms with Gasteiger partial charge in [0.1, 0.15) is 9.35 Å². The van der Waals surface area contributed by atoms with E-state index in [1.807, 2.05) is 35.0 Å². The van der Waals surface area contributed by atoms with Gasteiger partial charge in [-0.25, -0.2) is 4.98 Å². The Bertz CT molecular complexity index is 320. The van der Waals surface area contributed by atoms with Crippen LogP contribution in [0.15, 0.2) is 30.6 Å². The van der Waals surface area contributed by atoms with Gasteiger partial charge in [-0.05, 0) is 34.7 Å². The van der Waals surface area contributed by atoms with Crippen LogP contribution < -0.4 is 0 Å². The van der Waals surface area contributed by atoms with Crippen molar-refractivity contribution in [1.82, 2.24) is 9.38 Å². The molecule has 0 atom stereocenters. The Labute approximate surface area is 72.0 Å². The van der Waals surface area contributed by atoms with Crippen molar-refractivity contribution in [1.29, 1.82) is 0 Å². The van der Waals surface area contributed by atoms with E-state index in [1.165, 1.54) is 0 Å². The van der Waals surface area contributed by atoms with E-state index in [-0.39, 0.29) is 0 Å². The minimum absolute atomic E-state index is 1.01. The van der Waals surface area contributed by atoms with Gasteiger partial charge >= 0.3 is 0 Å². The smallest absolute Gasteiger partial charge is 0.137 e. The van der Waals surface area contributed by atoms with Crippen molar-refractivity contribution in [3.63, 3.8) is 0 Å². The molecule has 0 unspecified atom stereocenters. The molecule has 2 nitrogen and oxygen atoms in total. The summed E-state index contributed by atoms with van der Waals surface area (Å²) in [4.78, 5) is 4.26. The van der Waals surface area contributed by atoms with Crippen LogP contribution in [-0.4, -0.2) is 9.38 Å². The third kappa shape index (κ3) is 0.901. The Morgan fingerprint density at radius 3 is 3.10 bits per heavy atom. The van der Waals surface area contributed by atoms with E-state index < -0.39 is 0 Å². The second-order valence-corrected chi connectivity index (χ2v) is 3.13. The number of aromatic nitrogens is 2. The van der Waals surface area contributed by atoms with Gasteiger partial charge in [0.15, 0.2) is 0 Å². The van der Waals surface area contributed by atoms with E-state index in [0.717, 1.165) is 9.35 Å². The van der Waals surface area contributed by atoms with Crippen molar-refractivity contribution in [3.05, 3.63) is 34.3 Å². The summed E-state index contributed by atoms with van der Waals surface area (Å²) in [6.45, 7) is 0. The molecule has 0 bridgehead atoms. The molecule has 0 aliphatic carbocycles. The second kappa shape index (κ2) is 2.23. The summed E-state index contributed by atoms with van der Waals surface area (Å²) in [5.41, 5.74) is 1.01. The molecule has 0 saturated carbocycles. The Balaban J connectivity index is 2.88. The van der Waals surface area contributed by atoms with Crippen LogP contribution in [0.1, 0.15) is 0 Å². The molecule has 0 radical (unpaired) electrons. The van der Waals surface area contributed by atoms with Gasteiger partial charge in [-0.15, -0.1) is 0 Å². The van der Waals surface area contributed by atoms with Crippen LogP contribution in [0.3, 0.4) is 0 Å². The monoisotopic (exact) mass is 244 g/mol. The predicted molar refractivity (Wildman–Crippen MR) is 47.9 cm³/mol. The average Bonchev–Trinajstić information content (AvgIpc) is 2.27. The standard InChI is InChI=1S/C7H5IN2/c8-6-5-10-4-2-1-3-7(10)9-6/h1-5H. The highest BCUT2D eigenvalue weighted by molar-refractivity contribution is 14.1. The van der Waals surface area contributed by atoms with Gasteiger partial charge in [0, 0.05) is 12.4 Å². The quantitative estimate of drug-likeness (QED) is 0.647. The highest BCUT2D eigenvalue weighted by Gasteiger charge is 1.93. The van der Waals surface area contributed by atoms with Crippen LogP contribution >= 0.6 is 22.6 Å². The molecule has 2 aromatic rings. The van der Waals surface area contributed by atoms with Crippen molar-refractivity contribution in [2.45, 2.75) is 0 Å². The third-order valence-electron chi connectivity index (χ3n) is 1.33. The first-order chi connectivity index (χ1) is 4.86. The number of imidazole rings is 1. The first kappa shape index (κ1) is 6.15. The predicted octanol–water partition coefficient (Wildman–Crippen LogP) is 1.94. The molecule has 2 aromatic heterocycles. The lowest BCUT2D eigenvalue weighted by atomic mass is 10.5. The van der Waals surface area contributed by atoms with E-state index in [0.29, 0.717) is 0 Å². The molecule has 50 valence electrons. The van der Waals surface area contributed by atoms with Gasteiger partial charge < -0.3 is 4.40 Å². The number of halogens is 1. The minimum Gasteiger partial charge on any atom is -0.306 e. The maximum absolute atomic E-state index is 4.26. The normalized spacial score (nSPS) is 10.5. The summed E-state index contributed by atoms with van der Waals surface area (Å²) in [5, 5.41) is 0. The lowest BCUT2D eigenvalue weighted by Gasteiger charge is -1.86. The molecule has 0 aliphatic heterocycles. The fourth-order valence-electron chi connectivity index (χ4n) is 0.904. The Morgan fingerprint density at radius 1 is 1.40 bits per heavy atom. The van der Waals surface area contributed by atoms with Gasteiger partial charge in [0.05, 0.1) is 0 Å². The van der Waals surface area contributed by atoms with Crippen LogP contribution in [0.25, 0.3) is 5.65 Å². The molecule has 3 heteroatoms. The van der Waals surface area contributed by atoms with Crippen molar-refractivity contribution in [2.75, 3.05) is 0 Å². The first-order valence-electron chi connectivity index (χ1n) is 2.95. The van der Waals surface area contributed by atoms with Gasteiger partial charge in [-0.2, -0.15) is 0 Å². The summed E-state index contributed by atoms with van der Waals surface area (Å²) in [7, 11) is 0. The van der Waals surface area contributed by atoms with E-state index in [1.54, 1.807) is 0 Å². The Hall–Kier alpha value is -0.580. The van der Waals surface area contributed by atoms with Crippen LogP contribution in [0.2, 0.25) is 0 Å². The summed E-state index contributed by atoms with van der Waals surface area (Å²) in [6.07, 6.45) is 3.99. The number of rotatable bonds is 0. The summed E-state index contributed by atoms with van der Waals surface area (Å²) >= 11 is 2.20. The zero-order valence-electron chi connectivity index (χ0n) is 5.16. The van der Waals surface area contributed by atoms with Crippen LogP contribution in [0, 0.1) is 3.70 Å². The zero-order chi connectivity index (χ0) is 6.97. The lowest BCUT2D eigenvalue weighted by Crippen LogP contribution is -1.77. The SMILES string of the molecule is Ic1cn2ccccc2n1. The number of nitrogens with zero attached hydrogens (tertiary/aromatic N) is 2. The van der Waals surface area contributed by atoms with Crippen molar-refractivity contribution < 1.29 is 0 Å². The minimum atomic E-state index is 1.01. The molecule has 0 fully saturated rings. The van der Waals surface area contributed by atoms with Gasteiger partial charge in [-0.3, -0.25) is 0 Å². The number of hydrogen-bond acceptors (Lipinski definition) is 1. The van der Waals surface area contributed by atoms with Crippen LogP contribution in [0.4, 0.5) is 0 Å². The molecule has 2 heterocycles. The van der Waals surface area contributed by atoms with Crippen molar-refractivity contribution in [3.8, 4) is 0 Å². The number of hydrogen-bond donors (Lipinski definition) is 0. The third-order valence-corrected chi connectivity index (χ3v) is 1.85. The van der Waals surface area contributed by atoms with E-state index in [4.69, 9.17) is 0 Å². The van der Waals surface area contributed by atoms with Gasteiger partial charge in [0.2, 0.25) is 0 Å². The molecular weight excluding hydrogens is 239 g/mol. The largest absolute Gasteiger partial charge is 0.306 e. The maximum Gasteiger partial charge on any atom is 0.137 e. The highest BCUT2D eigenvalue weighted by atomic mass is 127. The molecule has 0 N–H and O–H groups in total. The van der Waals surface area contributed by atoms with Crippen molar-refractivity contribution >= 4 is 28.2 Å². The topological polar surface area (TPSA) is 17.3 Å². The Kier molecular flexibility index (Phi) is 1.37. The summed E-state index contributed by atoms with van der Waals surface area (Å²) < 4.78 is 3.03. The fraction of sp³-hybridized carbons (Fsp3) is 0. The number of pyridine rings is 1. The number of fused-ring (bicyclic) bond motifs is 1. The first-order valence-corrected chi connectivity index (χ1v) is 4.03. The molecule has 0 amide bonds. The fourth-order valence-corrected chi connectivity index (χ4v) is 1.45. The molecule has 0 aromatic carbocycles. The lowest BCUT2D eigenvalue weighted by molar-refractivity contribution is 1.19. The molecule has 0 spiro atoms. The maximum atomic E-state index is 4.26. The molecule has 2 rings (SSSR count). The van der Waals surface area contributed by atoms with Gasteiger partial charge in [0.25, 0.3) is 0 Å². The zero-order valence-corrected chi connectivity index (χ0v) is 7.32. The second-order valence-electron chi connectivity index (χ2n) is 2.03. The van der Waals surface area contributed by atoms with Gasteiger partial charge in [-0.1, -0.05) is 6.07 Å². The van der Waals surface area contributed by atoms with E-state index in [9.17, 15) is 0 Å². The molecular formula is C7H5IN2.